The quantitative estimate of drug-likeness (QED) is 0.0956. The molecule has 0 aliphatic heterocycles. The van der Waals surface area contributed by atoms with Gasteiger partial charge < -0.3 is 14.2 Å². The van der Waals surface area contributed by atoms with Crippen LogP contribution < -0.4 is 9.47 Å². The Morgan fingerprint density at radius 1 is 0.739 bits per heavy atom. The van der Waals surface area contributed by atoms with Crippen LogP contribution >= 0.6 is 22.7 Å². The van der Waals surface area contributed by atoms with E-state index in [1.165, 1.54) is 18.1 Å². The SMILES string of the molecule is CC(=O)OC(=N)C1CCC(c2ccc(OCc3nc4ccccc4s3)cc2)(c2ccc(OCc3nc4ccccc4s3)cc2)CC1. The van der Waals surface area contributed by atoms with E-state index in [9.17, 15) is 4.79 Å². The Labute approximate surface area is 275 Å². The first-order valence-corrected chi connectivity index (χ1v) is 17.0. The molecule has 2 heterocycles. The van der Waals surface area contributed by atoms with Crippen LogP contribution in [0.5, 0.6) is 11.5 Å². The van der Waals surface area contributed by atoms with Crippen molar-refractivity contribution in [1.29, 1.82) is 5.41 Å². The number of hydrogen-bond acceptors (Lipinski definition) is 9. The third kappa shape index (κ3) is 6.38. The van der Waals surface area contributed by atoms with Crippen molar-refractivity contribution in [3.8, 4) is 11.5 Å². The summed E-state index contributed by atoms with van der Waals surface area (Å²) in [7, 11) is 0. The predicted molar refractivity (Wildman–Crippen MR) is 183 cm³/mol. The highest BCUT2D eigenvalue weighted by Crippen LogP contribution is 2.47. The fourth-order valence-electron chi connectivity index (χ4n) is 6.35. The van der Waals surface area contributed by atoms with E-state index in [-0.39, 0.29) is 17.2 Å². The van der Waals surface area contributed by atoms with Crippen LogP contribution in [-0.2, 0) is 28.2 Å². The molecule has 0 saturated heterocycles. The van der Waals surface area contributed by atoms with Crippen LogP contribution in [0, 0.1) is 11.3 Å². The van der Waals surface area contributed by atoms with E-state index in [1.54, 1.807) is 22.7 Å². The van der Waals surface area contributed by atoms with Crippen LogP contribution in [0.3, 0.4) is 0 Å². The number of carbonyl (C=O) groups is 1. The lowest BCUT2D eigenvalue weighted by Gasteiger charge is -2.41. The summed E-state index contributed by atoms with van der Waals surface area (Å²) >= 11 is 3.30. The maximum absolute atomic E-state index is 11.5. The van der Waals surface area contributed by atoms with E-state index in [4.69, 9.17) is 19.6 Å². The van der Waals surface area contributed by atoms with E-state index < -0.39 is 5.97 Å². The number of aromatic nitrogens is 2. The molecule has 1 N–H and O–H groups in total. The summed E-state index contributed by atoms with van der Waals surface area (Å²) in [6.07, 6.45) is 3.13. The van der Waals surface area contributed by atoms with E-state index >= 15 is 0 Å². The standard InChI is InChI=1S/C37H33N3O4S2/c1-24(41)44-36(38)25-18-20-37(21-19-25,26-10-14-28(15-11-26)42-22-34-39-30-6-2-4-8-32(30)45-34)27-12-16-29(17-13-27)43-23-35-40-31-7-3-5-9-33(31)46-35/h2-17,25,38H,18-23H2,1H3. The zero-order valence-electron chi connectivity index (χ0n) is 25.4. The van der Waals surface area contributed by atoms with Crippen LogP contribution in [0.15, 0.2) is 97.1 Å². The Morgan fingerprint density at radius 3 is 1.63 bits per heavy atom. The number of thiazole rings is 2. The summed E-state index contributed by atoms with van der Waals surface area (Å²) in [6, 6.07) is 33.0. The molecule has 1 fully saturated rings. The molecule has 1 aliphatic rings. The minimum atomic E-state index is -0.440. The van der Waals surface area contributed by atoms with Crippen molar-refractivity contribution in [3.05, 3.63) is 118 Å². The fourth-order valence-corrected chi connectivity index (χ4v) is 8.11. The van der Waals surface area contributed by atoms with Crippen molar-refractivity contribution >= 4 is 55.0 Å². The number of rotatable bonds is 9. The number of hydrogen-bond donors (Lipinski definition) is 1. The monoisotopic (exact) mass is 647 g/mol. The van der Waals surface area contributed by atoms with Crippen LogP contribution in [0.4, 0.5) is 0 Å². The lowest BCUT2D eigenvalue weighted by atomic mass is 9.63. The second-order valence-corrected chi connectivity index (χ2v) is 13.8. The second kappa shape index (κ2) is 13.0. The molecule has 232 valence electrons. The number of ether oxygens (including phenoxy) is 3. The van der Waals surface area contributed by atoms with Crippen LogP contribution in [0.25, 0.3) is 20.4 Å². The van der Waals surface area contributed by atoms with Gasteiger partial charge in [-0.25, -0.2) is 9.97 Å². The number of fused-ring (bicyclic) bond motifs is 2. The largest absolute Gasteiger partial charge is 0.486 e. The molecule has 0 amide bonds. The second-order valence-electron chi connectivity index (χ2n) is 11.6. The van der Waals surface area contributed by atoms with Crippen LogP contribution in [0.1, 0.15) is 53.7 Å². The van der Waals surface area contributed by atoms with Crippen molar-refractivity contribution in [1.82, 2.24) is 9.97 Å². The van der Waals surface area contributed by atoms with Gasteiger partial charge in [0.1, 0.15) is 34.7 Å². The van der Waals surface area contributed by atoms with Gasteiger partial charge in [0.25, 0.3) is 0 Å². The zero-order valence-corrected chi connectivity index (χ0v) is 27.0. The van der Waals surface area contributed by atoms with Gasteiger partial charge in [0, 0.05) is 18.3 Å². The normalized spacial score (nSPS) is 14.7. The van der Waals surface area contributed by atoms with Crippen LogP contribution in [-0.4, -0.2) is 21.8 Å². The molecular formula is C37H33N3O4S2. The average Bonchev–Trinajstić information content (AvgIpc) is 3.70. The fraction of sp³-hybridized carbons (Fsp3) is 0.243. The minimum Gasteiger partial charge on any atom is -0.486 e. The lowest BCUT2D eigenvalue weighted by molar-refractivity contribution is -0.133. The summed E-state index contributed by atoms with van der Waals surface area (Å²) in [5.74, 6) is 1.14. The van der Waals surface area contributed by atoms with Gasteiger partial charge in [-0.2, -0.15) is 0 Å². The minimum absolute atomic E-state index is 0.0679. The molecule has 4 aromatic carbocycles. The van der Waals surface area contributed by atoms with Gasteiger partial charge in [-0.1, -0.05) is 48.5 Å². The number of para-hydroxylation sites is 2. The average molecular weight is 648 g/mol. The molecule has 6 aromatic rings. The molecule has 0 unspecified atom stereocenters. The van der Waals surface area contributed by atoms with Crippen molar-refractivity contribution in [3.63, 3.8) is 0 Å². The van der Waals surface area contributed by atoms with E-state index in [0.717, 1.165) is 67.6 Å². The first-order chi connectivity index (χ1) is 22.4. The van der Waals surface area contributed by atoms with Gasteiger partial charge in [-0.15, -0.1) is 22.7 Å². The molecule has 0 atom stereocenters. The third-order valence-electron chi connectivity index (χ3n) is 8.68. The first-order valence-electron chi connectivity index (χ1n) is 15.4. The van der Waals surface area contributed by atoms with Gasteiger partial charge >= 0.3 is 5.97 Å². The van der Waals surface area contributed by atoms with Gasteiger partial charge in [-0.3, -0.25) is 10.2 Å². The number of nitrogens with one attached hydrogen (secondary N) is 1. The Bertz CT molecular complexity index is 1800. The highest BCUT2D eigenvalue weighted by Gasteiger charge is 2.40. The molecule has 0 radical (unpaired) electrons. The maximum Gasteiger partial charge on any atom is 0.309 e. The van der Waals surface area contributed by atoms with Crippen molar-refractivity contribution in [2.24, 2.45) is 5.92 Å². The number of esters is 1. The molecule has 1 saturated carbocycles. The molecule has 7 rings (SSSR count). The maximum atomic E-state index is 11.5. The molecule has 1 aliphatic carbocycles. The highest BCUT2D eigenvalue weighted by atomic mass is 32.1. The summed E-state index contributed by atoms with van der Waals surface area (Å²) in [5.41, 5.74) is 4.12. The van der Waals surface area contributed by atoms with Gasteiger partial charge in [0.15, 0.2) is 5.90 Å². The zero-order chi connectivity index (χ0) is 31.5. The number of benzene rings is 4. The van der Waals surface area contributed by atoms with Crippen molar-refractivity contribution < 1.29 is 19.0 Å². The number of carbonyl (C=O) groups excluding carboxylic acids is 1. The smallest absolute Gasteiger partial charge is 0.309 e. The topological polar surface area (TPSA) is 94.4 Å². The van der Waals surface area contributed by atoms with Gasteiger partial charge in [0.2, 0.25) is 0 Å². The number of nitrogens with zero attached hydrogens (tertiary/aromatic N) is 2. The Balaban J connectivity index is 1.09. The predicted octanol–water partition coefficient (Wildman–Crippen LogP) is 9.08. The van der Waals surface area contributed by atoms with E-state index in [1.807, 2.05) is 60.7 Å². The molecule has 46 heavy (non-hydrogen) atoms. The molecule has 2 aromatic heterocycles. The van der Waals surface area contributed by atoms with Gasteiger partial charge in [-0.05, 0) is 85.3 Å². The summed E-state index contributed by atoms with van der Waals surface area (Å²) in [6.45, 7) is 2.19. The van der Waals surface area contributed by atoms with Crippen molar-refractivity contribution in [2.45, 2.75) is 51.2 Å². The Kier molecular flexibility index (Phi) is 8.51. The van der Waals surface area contributed by atoms with Crippen LogP contribution in [0.2, 0.25) is 0 Å². The first kappa shape index (κ1) is 30.1. The van der Waals surface area contributed by atoms with E-state index in [0.29, 0.717) is 13.2 Å². The lowest BCUT2D eigenvalue weighted by Crippen LogP contribution is -2.35. The highest BCUT2D eigenvalue weighted by molar-refractivity contribution is 7.18. The summed E-state index contributed by atoms with van der Waals surface area (Å²) < 4.78 is 19.8. The van der Waals surface area contributed by atoms with Crippen molar-refractivity contribution in [2.75, 3.05) is 0 Å². The molecule has 0 spiro atoms. The van der Waals surface area contributed by atoms with E-state index in [2.05, 4.69) is 46.4 Å². The molecule has 9 heteroatoms. The third-order valence-corrected chi connectivity index (χ3v) is 10.7. The molecule has 7 nitrogen and oxygen atoms in total. The summed E-state index contributed by atoms with van der Waals surface area (Å²) in [4.78, 5) is 20.9. The molecular weight excluding hydrogens is 615 g/mol. The Morgan fingerprint density at radius 2 is 1.20 bits per heavy atom. The Hall–Kier alpha value is -4.60. The summed E-state index contributed by atoms with van der Waals surface area (Å²) in [5, 5.41) is 10.2. The molecule has 0 bridgehead atoms. The van der Waals surface area contributed by atoms with Gasteiger partial charge in [0.05, 0.1) is 20.4 Å².